The molecule has 1 unspecified atom stereocenters. The maximum absolute atomic E-state index is 12.1. The monoisotopic (exact) mass is 328 g/mol. The Kier molecular flexibility index (Phi) is 4.15. The van der Waals surface area contributed by atoms with Crippen molar-refractivity contribution in [2.24, 2.45) is 0 Å². The van der Waals surface area contributed by atoms with Gasteiger partial charge in [-0.05, 0) is 34.2 Å². The van der Waals surface area contributed by atoms with Crippen LogP contribution in [0.15, 0.2) is 40.0 Å². The lowest BCUT2D eigenvalue weighted by atomic mass is 10.1. The van der Waals surface area contributed by atoms with Crippen molar-refractivity contribution in [3.63, 3.8) is 0 Å². The molecule has 1 nitrogen and oxygen atoms in total. The molecule has 0 spiro atoms. The number of hydrogen-bond donors (Lipinski definition) is 1. The van der Waals surface area contributed by atoms with Crippen molar-refractivity contribution in [3.8, 4) is 0 Å². The summed E-state index contributed by atoms with van der Waals surface area (Å²) in [6.07, 6.45) is -4.83. The molecule has 82 valence electrons. The van der Waals surface area contributed by atoms with Crippen LogP contribution in [0.25, 0.3) is 0 Å². The Morgan fingerprint density at radius 1 is 1.27 bits per heavy atom. The molecule has 0 saturated carbocycles. The third-order valence-electron chi connectivity index (χ3n) is 1.72. The highest BCUT2D eigenvalue weighted by Crippen LogP contribution is 2.32. The van der Waals surface area contributed by atoms with E-state index >= 15 is 0 Å². The van der Waals surface area contributed by atoms with Crippen molar-refractivity contribution >= 4 is 22.6 Å². The van der Waals surface area contributed by atoms with Gasteiger partial charge in [0.1, 0.15) is 0 Å². The topological polar surface area (TPSA) is 20.2 Å². The number of rotatable bonds is 2. The molecule has 1 aromatic carbocycles. The molecule has 1 rings (SSSR count). The van der Waals surface area contributed by atoms with Gasteiger partial charge in [0.15, 0.2) is 0 Å². The van der Waals surface area contributed by atoms with Gasteiger partial charge in [-0.1, -0.05) is 30.3 Å². The summed E-state index contributed by atoms with van der Waals surface area (Å²) >= 11 is 1.17. The molecule has 0 amide bonds. The van der Waals surface area contributed by atoms with Crippen LogP contribution >= 0.6 is 22.6 Å². The van der Waals surface area contributed by atoms with Crippen LogP contribution < -0.4 is 0 Å². The lowest BCUT2D eigenvalue weighted by Gasteiger charge is -2.09. The Balaban J connectivity index is 2.84. The van der Waals surface area contributed by atoms with Crippen LogP contribution in [-0.4, -0.2) is 11.3 Å². The van der Waals surface area contributed by atoms with Gasteiger partial charge in [0, 0.05) is 0 Å². The van der Waals surface area contributed by atoms with Gasteiger partial charge in [-0.25, -0.2) is 0 Å². The van der Waals surface area contributed by atoms with Gasteiger partial charge in [0.25, 0.3) is 0 Å². The number of halogens is 4. The Labute approximate surface area is 98.8 Å². The maximum Gasteiger partial charge on any atom is 0.421 e. The molecule has 5 heteroatoms. The highest BCUT2D eigenvalue weighted by atomic mass is 127. The molecule has 0 heterocycles. The quantitative estimate of drug-likeness (QED) is 0.823. The first-order chi connectivity index (χ1) is 6.91. The normalized spacial score (nSPS) is 15.1. The Morgan fingerprint density at radius 2 is 1.80 bits per heavy atom. The van der Waals surface area contributed by atoms with E-state index in [1.807, 2.05) is 0 Å². The second kappa shape index (κ2) is 4.98. The number of hydrogen-bond acceptors (Lipinski definition) is 1. The van der Waals surface area contributed by atoms with Crippen molar-refractivity contribution in [1.82, 2.24) is 0 Å². The molecule has 1 N–H and O–H groups in total. The number of aliphatic hydroxyl groups excluding tert-OH is 1. The summed E-state index contributed by atoms with van der Waals surface area (Å²) < 4.78 is 35.6. The van der Waals surface area contributed by atoms with Crippen molar-refractivity contribution in [1.29, 1.82) is 0 Å². The third kappa shape index (κ3) is 3.83. The second-order valence-corrected chi connectivity index (χ2v) is 4.03. The zero-order valence-corrected chi connectivity index (χ0v) is 9.66. The number of benzene rings is 1. The SMILES string of the molecule is OC(/C=C(\I)C(F)(F)F)c1ccccc1. The standard InChI is InChI=1S/C10H8F3IO/c11-10(12,13)9(14)6-8(15)7-4-2-1-3-5-7/h1-6,8,15H/b9-6-. The summed E-state index contributed by atoms with van der Waals surface area (Å²) in [6.45, 7) is 0. The maximum atomic E-state index is 12.1. The molecule has 0 aliphatic rings. The van der Waals surface area contributed by atoms with Gasteiger partial charge in [0.05, 0.1) is 9.68 Å². The molecule has 0 aliphatic carbocycles. The average molecular weight is 328 g/mol. The van der Waals surface area contributed by atoms with Crippen LogP contribution in [0.1, 0.15) is 11.7 Å². The summed E-state index contributed by atoms with van der Waals surface area (Å²) in [6, 6.07) is 8.19. The van der Waals surface area contributed by atoms with Gasteiger partial charge >= 0.3 is 6.18 Å². The molecular weight excluding hydrogens is 320 g/mol. The highest BCUT2D eigenvalue weighted by molar-refractivity contribution is 14.1. The summed E-state index contributed by atoms with van der Waals surface area (Å²) in [5.41, 5.74) is 0.441. The van der Waals surface area contributed by atoms with E-state index in [1.165, 1.54) is 22.6 Å². The molecule has 0 saturated heterocycles. The molecule has 1 atom stereocenters. The van der Waals surface area contributed by atoms with Crippen molar-refractivity contribution in [2.75, 3.05) is 0 Å². The summed E-state index contributed by atoms with van der Waals surface area (Å²) in [5, 5.41) is 9.47. The molecule has 0 aromatic heterocycles. The minimum Gasteiger partial charge on any atom is -0.384 e. The lowest BCUT2D eigenvalue weighted by Crippen LogP contribution is -2.08. The van der Waals surface area contributed by atoms with Gasteiger partial charge in [-0.3, -0.25) is 0 Å². The van der Waals surface area contributed by atoms with Gasteiger partial charge in [0.2, 0.25) is 0 Å². The third-order valence-corrected chi connectivity index (χ3v) is 2.69. The molecule has 0 bridgehead atoms. The summed E-state index contributed by atoms with van der Waals surface area (Å²) in [5.74, 6) is 0. The van der Waals surface area contributed by atoms with Crippen LogP contribution in [0, 0.1) is 0 Å². The predicted molar refractivity (Wildman–Crippen MR) is 59.6 cm³/mol. The Bertz CT molecular complexity index is 345. The Morgan fingerprint density at radius 3 is 2.27 bits per heavy atom. The predicted octanol–water partition coefficient (Wildman–Crippen LogP) is 3.60. The van der Waals surface area contributed by atoms with Gasteiger partial charge < -0.3 is 5.11 Å². The first-order valence-electron chi connectivity index (χ1n) is 4.09. The highest BCUT2D eigenvalue weighted by Gasteiger charge is 2.32. The molecule has 1 aromatic rings. The number of aliphatic hydroxyl groups is 1. The zero-order chi connectivity index (χ0) is 11.5. The Hall–Kier alpha value is -0.560. The van der Waals surface area contributed by atoms with Crippen LogP contribution in [-0.2, 0) is 0 Å². The lowest BCUT2D eigenvalue weighted by molar-refractivity contribution is -0.0825. The van der Waals surface area contributed by atoms with E-state index in [0.717, 1.165) is 6.08 Å². The van der Waals surface area contributed by atoms with Crippen LogP contribution in [0.2, 0.25) is 0 Å². The molecule has 0 radical (unpaired) electrons. The van der Waals surface area contributed by atoms with E-state index < -0.39 is 15.9 Å². The van der Waals surface area contributed by atoms with Crippen molar-refractivity contribution < 1.29 is 18.3 Å². The fourth-order valence-corrected chi connectivity index (χ4v) is 1.32. The van der Waals surface area contributed by atoms with Crippen LogP contribution in [0.3, 0.4) is 0 Å². The molecular formula is C10H8F3IO. The minimum atomic E-state index is -4.39. The summed E-state index contributed by atoms with van der Waals surface area (Å²) in [7, 11) is 0. The first kappa shape index (κ1) is 12.5. The van der Waals surface area contributed by atoms with E-state index in [2.05, 4.69) is 0 Å². The van der Waals surface area contributed by atoms with E-state index in [4.69, 9.17) is 0 Å². The van der Waals surface area contributed by atoms with Crippen LogP contribution in [0.4, 0.5) is 13.2 Å². The second-order valence-electron chi connectivity index (χ2n) is 2.87. The molecule has 0 fully saturated rings. The number of allylic oxidation sites excluding steroid dienone is 1. The minimum absolute atomic E-state index is 0.441. The smallest absolute Gasteiger partial charge is 0.384 e. The largest absolute Gasteiger partial charge is 0.421 e. The fourth-order valence-electron chi connectivity index (χ4n) is 0.980. The molecule has 15 heavy (non-hydrogen) atoms. The first-order valence-corrected chi connectivity index (χ1v) is 5.16. The van der Waals surface area contributed by atoms with E-state index in [9.17, 15) is 18.3 Å². The van der Waals surface area contributed by atoms with Crippen LogP contribution in [0.5, 0.6) is 0 Å². The van der Waals surface area contributed by atoms with Gasteiger partial charge in [-0.15, -0.1) is 0 Å². The van der Waals surface area contributed by atoms with Gasteiger partial charge in [-0.2, -0.15) is 13.2 Å². The van der Waals surface area contributed by atoms with E-state index in [0.29, 0.717) is 5.56 Å². The van der Waals surface area contributed by atoms with Crippen molar-refractivity contribution in [3.05, 3.63) is 45.6 Å². The summed E-state index contributed by atoms with van der Waals surface area (Å²) in [4.78, 5) is 0. The zero-order valence-electron chi connectivity index (χ0n) is 7.50. The van der Waals surface area contributed by atoms with Crippen molar-refractivity contribution in [2.45, 2.75) is 12.3 Å². The molecule has 0 aliphatic heterocycles. The fraction of sp³-hybridized carbons (Fsp3) is 0.200. The van der Waals surface area contributed by atoms with E-state index in [1.54, 1.807) is 30.3 Å². The average Bonchev–Trinajstić information content (AvgIpc) is 2.17. The van der Waals surface area contributed by atoms with E-state index in [-0.39, 0.29) is 0 Å². The number of alkyl halides is 3.